The third kappa shape index (κ3) is 2.44. The van der Waals surface area contributed by atoms with Crippen LogP contribution < -0.4 is 0 Å². The summed E-state index contributed by atoms with van der Waals surface area (Å²) in [6.07, 6.45) is 4.46. The summed E-state index contributed by atoms with van der Waals surface area (Å²) >= 11 is 0. The lowest BCUT2D eigenvalue weighted by Crippen LogP contribution is -2.27. The van der Waals surface area contributed by atoms with Crippen molar-refractivity contribution >= 4 is 5.91 Å². The summed E-state index contributed by atoms with van der Waals surface area (Å²) in [7, 11) is 0. The lowest BCUT2D eigenvalue weighted by atomic mass is 10.1. The van der Waals surface area contributed by atoms with Gasteiger partial charge >= 0.3 is 0 Å². The van der Waals surface area contributed by atoms with E-state index in [1.54, 1.807) is 0 Å². The molecule has 1 aromatic heterocycles. The molecule has 2 fully saturated rings. The van der Waals surface area contributed by atoms with Crippen molar-refractivity contribution < 1.29 is 9.32 Å². The van der Waals surface area contributed by atoms with E-state index in [2.05, 4.69) is 10.1 Å². The van der Waals surface area contributed by atoms with Gasteiger partial charge in [-0.3, -0.25) is 4.79 Å². The first-order valence-corrected chi connectivity index (χ1v) is 7.54. The minimum absolute atomic E-state index is 0.0975. The third-order valence-electron chi connectivity index (χ3n) is 4.13. The Bertz CT molecular complexity index is 670. The Balaban J connectivity index is 1.60. The normalized spacial score (nSPS) is 18.2. The van der Waals surface area contributed by atoms with Gasteiger partial charge in [0.25, 0.3) is 5.91 Å². The van der Waals surface area contributed by atoms with Crippen LogP contribution in [0.1, 0.15) is 47.8 Å². The number of hydrogen-bond acceptors (Lipinski definition) is 4. The number of aromatic nitrogens is 2. The lowest BCUT2D eigenvalue weighted by molar-refractivity contribution is 0.0793. The summed E-state index contributed by atoms with van der Waals surface area (Å²) in [4.78, 5) is 18.8. The maximum atomic E-state index is 12.4. The minimum atomic E-state index is 0.0975. The molecule has 1 aliphatic carbocycles. The number of nitrogens with zero attached hydrogens (tertiary/aromatic N) is 3. The fourth-order valence-corrected chi connectivity index (χ4v) is 2.74. The fourth-order valence-electron chi connectivity index (χ4n) is 2.74. The van der Waals surface area contributed by atoms with Gasteiger partial charge in [-0.15, -0.1) is 0 Å². The van der Waals surface area contributed by atoms with Crippen molar-refractivity contribution in [2.45, 2.75) is 31.6 Å². The van der Waals surface area contributed by atoms with Crippen LogP contribution in [0, 0.1) is 0 Å². The Kier molecular flexibility index (Phi) is 2.98. The van der Waals surface area contributed by atoms with Gasteiger partial charge in [-0.2, -0.15) is 4.98 Å². The van der Waals surface area contributed by atoms with E-state index in [1.165, 1.54) is 0 Å². The van der Waals surface area contributed by atoms with Crippen LogP contribution in [0.4, 0.5) is 0 Å². The average Bonchev–Trinajstić information content (AvgIpc) is 3.05. The van der Waals surface area contributed by atoms with E-state index in [1.807, 2.05) is 29.2 Å². The standard InChI is InChI=1S/C16H17N3O2/c20-16(19-8-1-2-9-19)13-5-3-4-12(10-13)14-17-15(21-18-14)11-6-7-11/h3-5,10-11H,1-2,6-9H2. The summed E-state index contributed by atoms with van der Waals surface area (Å²) in [6.45, 7) is 1.72. The van der Waals surface area contributed by atoms with Crippen molar-refractivity contribution in [1.82, 2.24) is 15.0 Å². The minimum Gasteiger partial charge on any atom is -0.339 e. The molecule has 0 radical (unpaired) electrons. The van der Waals surface area contributed by atoms with Gasteiger partial charge in [0.15, 0.2) is 0 Å². The van der Waals surface area contributed by atoms with E-state index in [4.69, 9.17) is 4.52 Å². The molecule has 5 heteroatoms. The largest absolute Gasteiger partial charge is 0.339 e. The Morgan fingerprint density at radius 2 is 2.05 bits per heavy atom. The number of hydrogen-bond donors (Lipinski definition) is 0. The molecule has 108 valence electrons. The van der Waals surface area contributed by atoms with Crippen LogP contribution in [0.15, 0.2) is 28.8 Å². The molecule has 1 amide bonds. The average molecular weight is 283 g/mol. The van der Waals surface area contributed by atoms with Crippen LogP contribution in [0.5, 0.6) is 0 Å². The molecule has 21 heavy (non-hydrogen) atoms. The first-order valence-electron chi connectivity index (χ1n) is 7.54. The van der Waals surface area contributed by atoms with Crippen molar-refractivity contribution in [1.29, 1.82) is 0 Å². The highest BCUT2D eigenvalue weighted by Crippen LogP contribution is 2.39. The van der Waals surface area contributed by atoms with Crippen LogP contribution in [0.2, 0.25) is 0 Å². The predicted octanol–water partition coefficient (Wildman–Crippen LogP) is 2.85. The second-order valence-corrected chi connectivity index (χ2v) is 5.81. The number of amides is 1. The predicted molar refractivity (Wildman–Crippen MR) is 76.8 cm³/mol. The van der Waals surface area contributed by atoms with Gasteiger partial charge in [0.05, 0.1) is 0 Å². The van der Waals surface area contributed by atoms with E-state index < -0.39 is 0 Å². The molecule has 2 aliphatic rings. The number of rotatable bonds is 3. The van der Waals surface area contributed by atoms with E-state index in [-0.39, 0.29) is 5.91 Å². The van der Waals surface area contributed by atoms with Crippen molar-refractivity contribution in [2.24, 2.45) is 0 Å². The molecular formula is C16H17N3O2. The van der Waals surface area contributed by atoms with Crippen LogP contribution in [0.25, 0.3) is 11.4 Å². The molecule has 2 heterocycles. The van der Waals surface area contributed by atoms with Crippen molar-refractivity contribution in [3.63, 3.8) is 0 Å². The van der Waals surface area contributed by atoms with Gasteiger partial charge in [0.1, 0.15) is 0 Å². The van der Waals surface area contributed by atoms with Crippen LogP contribution in [-0.2, 0) is 0 Å². The third-order valence-corrected chi connectivity index (χ3v) is 4.13. The smallest absolute Gasteiger partial charge is 0.253 e. The van der Waals surface area contributed by atoms with Gasteiger partial charge in [-0.25, -0.2) is 0 Å². The van der Waals surface area contributed by atoms with Gasteiger partial charge in [0, 0.05) is 30.1 Å². The second kappa shape index (κ2) is 4.98. The first kappa shape index (κ1) is 12.6. The molecule has 0 N–H and O–H groups in total. The maximum absolute atomic E-state index is 12.4. The number of carbonyl (C=O) groups excluding carboxylic acids is 1. The molecule has 1 saturated heterocycles. The molecule has 1 saturated carbocycles. The zero-order chi connectivity index (χ0) is 14.2. The summed E-state index contributed by atoms with van der Waals surface area (Å²) in [5.74, 6) is 1.84. The van der Waals surface area contributed by atoms with Crippen LogP contribution in [-0.4, -0.2) is 34.0 Å². The quantitative estimate of drug-likeness (QED) is 0.869. The molecule has 0 spiro atoms. The Morgan fingerprint density at radius 3 is 2.81 bits per heavy atom. The van der Waals surface area contributed by atoms with Gasteiger partial charge in [-0.1, -0.05) is 17.3 Å². The highest BCUT2D eigenvalue weighted by Gasteiger charge is 2.30. The SMILES string of the molecule is O=C(c1cccc(-c2noc(C3CC3)n2)c1)N1CCCC1. The molecule has 0 bridgehead atoms. The zero-order valence-electron chi connectivity index (χ0n) is 11.8. The Morgan fingerprint density at radius 1 is 1.24 bits per heavy atom. The number of carbonyl (C=O) groups is 1. The number of benzene rings is 1. The molecule has 0 unspecified atom stereocenters. The Labute approximate surface area is 123 Å². The molecule has 1 aliphatic heterocycles. The van der Waals surface area contributed by atoms with E-state index in [9.17, 15) is 4.79 Å². The summed E-state index contributed by atoms with van der Waals surface area (Å²) in [5, 5.41) is 4.03. The van der Waals surface area contributed by atoms with Gasteiger partial charge in [0.2, 0.25) is 11.7 Å². The summed E-state index contributed by atoms with van der Waals surface area (Å²) in [6, 6.07) is 7.52. The van der Waals surface area contributed by atoms with Crippen molar-refractivity contribution in [3.05, 3.63) is 35.7 Å². The highest BCUT2D eigenvalue weighted by atomic mass is 16.5. The fraction of sp³-hybridized carbons (Fsp3) is 0.438. The molecular weight excluding hydrogens is 266 g/mol. The number of likely N-dealkylation sites (tertiary alicyclic amines) is 1. The van der Waals surface area contributed by atoms with Crippen molar-refractivity contribution in [2.75, 3.05) is 13.1 Å². The topological polar surface area (TPSA) is 59.2 Å². The maximum Gasteiger partial charge on any atom is 0.253 e. The zero-order valence-corrected chi connectivity index (χ0v) is 11.8. The second-order valence-electron chi connectivity index (χ2n) is 5.81. The summed E-state index contributed by atoms with van der Waals surface area (Å²) < 4.78 is 5.29. The summed E-state index contributed by atoms with van der Waals surface area (Å²) in [5.41, 5.74) is 1.54. The van der Waals surface area contributed by atoms with Gasteiger partial charge < -0.3 is 9.42 Å². The molecule has 1 aromatic carbocycles. The molecule has 2 aromatic rings. The molecule has 4 rings (SSSR count). The van der Waals surface area contributed by atoms with Crippen molar-refractivity contribution in [3.8, 4) is 11.4 Å². The molecule has 5 nitrogen and oxygen atoms in total. The van der Waals surface area contributed by atoms with Crippen LogP contribution >= 0.6 is 0 Å². The van der Waals surface area contributed by atoms with E-state index in [0.29, 0.717) is 17.3 Å². The van der Waals surface area contributed by atoms with E-state index >= 15 is 0 Å². The van der Waals surface area contributed by atoms with Gasteiger partial charge in [-0.05, 0) is 37.8 Å². The van der Waals surface area contributed by atoms with Crippen LogP contribution in [0.3, 0.4) is 0 Å². The highest BCUT2D eigenvalue weighted by molar-refractivity contribution is 5.95. The van der Waals surface area contributed by atoms with E-state index in [0.717, 1.165) is 50.2 Å². The monoisotopic (exact) mass is 283 g/mol. The first-order chi connectivity index (χ1) is 10.3. The molecule has 0 atom stereocenters. The Hall–Kier alpha value is -2.17. The lowest BCUT2D eigenvalue weighted by Gasteiger charge is -2.15.